The van der Waals surface area contributed by atoms with Gasteiger partial charge in [0, 0.05) is 6.61 Å². The minimum Gasteiger partial charge on any atom is -0.394 e. The van der Waals surface area contributed by atoms with Gasteiger partial charge >= 0.3 is 0 Å². The molecule has 0 aromatic heterocycles. The second-order valence-electron chi connectivity index (χ2n) is 3.62. The smallest absolute Gasteiger partial charge is 0.0701 e. The van der Waals surface area contributed by atoms with Crippen molar-refractivity contribution in [3.8, 4) is 0 Å². The lowest BCUT2D eigenvalue weighted by atomic mass is 10.5. The maximum Gasteiger partial charge on any atom is 0.0701 e. The molecule has 0 aromatic carbocycles. The van der Waals surface area contributed by atoms with Crippen molar-refractivity contribution in [2.45, 2.75) is 13.3 Å². The Hall–Kier alpha value is -0.280. The van der Waals surface area contributed by atoms with Gasteiger partial charge < -0.3 is 34.3 Å². The van der Waals surface area contributed by atoms with Crippen LogP contribution in [0.3, 0.4) is 0 Å². The largest absolute Gasteiger partial charge is 0.394 e. The van der Waals surface area contributed by atoms with Crippen molar-refractivity contribution in [1.82, 2.24) is 0 Å². The summed E-state index contributed by atoms with van der Waals surface area (Å²) in [6.07, 6.45) is 1.04. The fraction of sp³-hybridized carbons (Fsp3) is 1.00. The van der Waals surface area contributed by atoms with Gasteiger partial charge in [0.2, 0.25) is 0 Å². The molecule has 20 heavy (non-hydrogen) atoms. The standard InChI is InChI=1S/C7H16O3.C6H14O4/c1-2-4-9-6-7-10-5-3-8;7-1-3-9-5-6-10-4-2-8/h8H,2-7H2,1H3;7-8H,1-6H2. The predicted molar refractivity (Wildman–Crippen MR) is 74.8 cm³/mol. The number of ether oxygens (including phenoxy) is 4. The highest BCUT2D eigenvalue weighted by molar-refractivity contribution is 4.31. The predicted octanol–water partition coefficient (Wildman–Crippen LogP) is -0.574. The highest BCUT2D eigenvalue weighted by atomic mass is 16.5. The van der Waals surface area contributed by atoms with Crippen molar-refractivity contribution in [2.24, 2.45) is 0 Å². The minimum absolute atomic E-state index is 0.0417. The highest BCUT2D eigenvalue weighted by Gasteiger charge is 1.87. The zero-order valence-electron chi connectivity index (χ0n) is 12.5. The Kier molecular flexibility index (Phi) is 26.2. The van der Waals surface area contributed by atoms with E-state index in [4.69, 9.17) is 34.3 Å². The van der Waals surface area contributed by atoms with Gasteiger partial charge in [0.1, 0.15) is 0 Å². The molecule has 0 bridgehead atoms. The number of aliphatic hydroxyl groups excluding tert-OH is 3. The zero-order chi connectivity index (χ0) is 15.3. The second-order valence-corrected chi connectivity index (χ2v) is 3.62. The van der Waals surface area contributed by atoms with Gasteiger partial charge in [0.25, 0.3) is 0 Å². The average Bonchev–Trinajstić information content (AvgIpc) is 2.47. The van der Waals surface area contributed by atoms with Gasteiger partial charge in [0.15, 0.2) is 0 Å². The molecule has 0 atom stereocenters. The van der Waals surface area contributed by atoms with Crippen LogP contribution in [0.25, 0.3) is 0 Å². The Morgan fingerprint density at radius 2 is 0.800 bits per heavy atom. The Morgan fingerprint density at radius 1 is 0.500 bits per heavy atom. The summed E-state index contributed by atoms with van der Waals surface area (Å²) in [5.41, 5.74) is 0. The van der Waals surface area contributed by atoms with Crippen molar-refractivity contribution >= 4 is 0 Å². The Labute approximate surface area is 121 Å². The van der Waals surface area contributed by atoms with Crippen LogP contribution in [-0.4, -0.2) is 88.0 Å². The molecule has 0 saturated heterocycles. The van der Waals surface area contributed by atoms with Crippen molar-refractivity contribution in [3.63, 3.8) is 0 Å². The Balaban J connectivity index is 0. The van der Waals surface area contributed by atoms with Crippen LogP contribution in [0.15, 0.2) is 0 Å². The van der Waals surface area contributed by atoms with Crippen LogP contribution in [0.5, 0.6) is 0 Å². The van der Waals surface area contributed by atoms with Crippen LogP contribution in [0.2, 0.25) is 0 Å². The molecule has 7 heteroatoms. The minimum atomic E-state index is 0.0417. The summed E-state index contributed by atoms with van der Waals surface area (Å²) in [5.74, 6) is 0. The summed E-state index contributed by atoms with van der Waals surface area (Å²) in [6.45, 7) is 6.31. The zero-order valence-corrected chi connectivity index (χ0v) is 12.5. The molecule has 0 radical (unpaired) electrons. The normalized spacial score (nSPS) is 10.2. The lowest BCUT2D eigenvalue weighted by molar-refractivity contribution is 0.0222. The lowest BCUT2D eigenvalue weighted by Crippen LogP contribution is -2.09. The van der Waals surface area contributed by atoms with E-state index in [1.54, 1.807) is 0 Å². The van der Waals surface area contributed by atoms with E-state index >= 15 is 0 Å². The molecule has 124 valence electrons. The number of hydrogen-bond acceptors (Lipinski definition) is 7. The van der Waals surface area contributed by atoms with Crippen LogP contribution in [-0.2, 0) is 18.9 Å². The molecule has 0 amide bonds. The molecule has 0 saturated carbocycles. The molecule has 0 fully saturated rings. The van der Waals surface area contributed by atoms with E-state index in [9.17, 15) is 0 Å². The number of hydrogen-bond donors (Lipinski definition) is 3. The highest BCUT2D eigenvalue weighted by Crippen LogP contribution is 1.80. The van der Waals surface area contributed by atoms with Gasteiger partial charge in [-0.05, 0) is 6.42 Å². The molecule has 0 aliphatic rings. The van der Waals surface area contributed by atoms with Gasteiger partial charge in [-0.3, -0.25) is 0 Å². The maximum absolute atomic E-state index is 8.30. The summed E-state index contributed by atoms with van der Waals surface area (Å²) in [4.78, 5) is 0. The molecule has 7 nitrogen and oxygen atoms in total. The third kappa shape index (κ3) is 26.3. The molecular weight excluding hydrogens is 268 g/mol. The van der Waals surface area contributed by atoms with Gasteiger partial charge in [-0.2, -0.15) is 0 Å². The fourth-order valence-electron chi connectivity index (χ4n) is 0.982. The molecule has 0 rings (SSSR count). The molecule has 0 aliphatic carbocycles. The second kappa shape index (κ2) is 23.8. The number of rotatable bonds is 14. The first-order valence-corrected chi connectivity index (χ1v) is 6.97. The van der Waals surface area contributed by atoms with E-state index in [-0.39, 0.29) is 19.8 Å². The third-order valence-electron chi connectivity index (χ3n) is 1.80. The van der Waals surface area contributed by atoms with Crippen molar-refractivity contribution in [1.29, 1.82) is 0 Å². The van der Waals surface area contributed by atoms with E-state index in [1.807, 2.05) is 0 Å². The van der Waals surface area contributed by atoms with E-state index in [0.29, 0.717) is 46.2 Å². The van der Waals surface area contributed by atoms with Crippen LogP contribution < -0.4 is 0 Å². The molecule has 0 aromatic rings. The van der Waals surface area contributed by atoms with E-state index in [2.05, 4.69) is 6.92 Å². The topological polar surface area (TPSA) is 97.6 Å². The monoisotopic (exact) mass is 298 g/mol. The molecule has 0 aliphatic heterocycles. The van der Waals surface area contributed by atoms with Crippen LogP contribution >= 0.6 is 0 Å². The lowest BCUT2D eigenvalue weighted by Gasteiger charge is -2.02. The molecule has 0 heterocycles. The molecule has 3 N–H and O–H groups in total. The van der Waals surface area contributed by atoms with Crippen molar-refractivity contribution in [2.75, 3.05) is 72.7 Å². The Bertz CT molecular complexity index is 115. The molecular formula is C13H30O7. The van der Waals surface area contributed by atoms with Crippen LogP contribution in [0.1, 0.15) is 13.3 Å². The first-order valence-electron chi connectivity index (χ1n) is 6.97. The van der Waals surface area contributed by atoms with E-state index < -0.39 is 0 Å². The summed E-state index contributed by atoms with van der Waals surface area (Å²) in [6, 6.07) is 0. The average molecular weight is 298 g/mol. The summed E-state index contributed by atoms with van der Waals surface area (Å²) < 4.78 is 19.8. The quantitative estimate of drug-likeness (QED) is 0.369. The van der Waals surface area contributed by atoms with Gasteiger partial charge in [-0.1, -0.05) is 6.92 Å². The molecule has 0 unspecified atom stereocenters. The van der Waals surface area contributed by atoms with Crippen LogP contribution in [0.4, 0.5) is 0 Å². The van der Waals surface area contributed by atoms with Crippen LogP contribution in [0, 0.1) is 0 Å². The molecule has 0 spiro atoms. The Morgan fingerprint density at radius 3 is 1.05 bits per heavy atom. The van der Waals surface area contributed by atoms with Crippen molar-refractivity contribution in [3.05, 3.63) is 0 Å². The summed E-state index contributed by atoms with van der Waals surface area (Å²) in [5, 5.41) is 24.8. The van der Waals surface area contributed by atoms with Gasteiger partial charge in [0.05, 0.1) is 66.1 Å². The van der Waals surface area contributed by atoms with Crippen molar-refractivity contribution < 1.29 is 34.3 Å². The van der Waals surface area contributed by atoms with Gasteiger partial charge in [-0.25, -0.2) is 0 Å². The maximum atomic E-state index is 8.30. The SMILES string of the molecule is CCCOCCOCCO.OCCOCCOCCO. The number of aliphatic hydroxyl groups is 3. The van der Waals surface area contributed by atoms with Gasteiger partial charge in [-0.15, -0.1) is 0 Å². The summed E-state index contributed by atoms with van der Waals surface area (Å²) in [7, 11) is 0. The first-order chi connectivity index (χ1) is 9.83. The van der Waals surface area contributed by atoms with E-state index in [0.717, 1.165) is 13.0 Å². The van der Waals surface area contributed by atoms with E-state index in [1.165, 1.54) is 0 Å². The first kappa shape index (κ1) is 22.0. The summed E-state index contributed by atoms with van der Waals surface area (Å²) >= 11 is 0. The fourth-order valence-corrected chi connectivity index (χ4v) is 0.982. The third-order valence-corrected chi connectivity index (χ3v) is 1.80.